The first-order chi connectivity index (χ1) is 7.96. The number of carbonyl (C=O) groups is 1. The molecule has 1 aromatic heterocycles. The van der Waals surface area contributed by atoms with E-state index in [4.69, 9.17) is 5.14 Å². The van der Waals surface area contributed by atoms with E-state index >= 15 is 0 Å². The summed E-state index contributed by atoms with van der Waals surface area (Å²) >= 11 is 1.50. The number of hydrogen-bond donors (Lipinski definition) is 2. The molecule has 1 heterocycles. The predicted octanol–water partition coefficient (Wildman–Crippen LogP) is 0.255. The molecule has 3 N–H and O–H groups in total. The Bertz CT molecular complexity index is 512. The third-order valence-corrected chi connectivity index (χ3v) is 4.65. The molecule has 0 saturated heterocycles. The van der Waals surface area contributed by atoms with Crippen molar-refractivity contribution < 1.29 is 13.2 Å². The lowest BCUT2D eigenvalue weighted by Crippen LogP contribution is -2.31. The van der Waals surface area contributed by atoms with Crippen molar-refractivity contribution in [1.82, 2.24) is 5.32 Å². The van der Waals surface area contributed by atoms with Gasteiger partial charge in [0.05, 0.1) is 10.6 Å². The van der Waals surface area contributed by atoms with Crippen LogP contribution in [0.25, 0.3) is 0 Å². The molecule has 1 amide bonds. The number of nitrogens with one attached hydrogen (secondary N) is 1. The lowest BCUT2D eigenvalue weighted by atomic mass is 10.2. The standard InChI is InChI=1S/C10H14N2O3S2/c11-17(14,15)5-4-12-10(13)9-6-7-2-1-3-8(7)16-9/h6H,1-5H2,(H,12,13)(H2,11,14,15). The molecule has 1 aromatic rings. The molecule has 0 aliphatic heterocycles. The van der Waals surface area contributed by atoms with Crippen molar-refractivity contribution in [2.45, 2.75) is 19.3 Å². The van der Waals surface area contributed by atoms with Crippen molar-refractivity contribution >= 4 is 27.3 Å². The second kappa shape index (κ2) is 4.75. The van der Waals surface area contributed by atoms with Gasteiger partial charge in [0.1, 0.15) is 0 Å². The van der Waals surface area contributed by atoms with Gasteiger partial charge in [-0.1, -0.05) is 0 Å². The lowest BCUT2D eigenvalue weighted by molar-refractivity contribution is 0.0960. The second-order valence-electron chi connectivity index (χ2n) is 4.04. The molecular formula is C10H14N2O3S2. The van der Waals surface area contributed by atoms with E-state index in [1.165, 1.54) is 21.8 Å². The summed E-state index contributed by atoms with van der Waals surface area (Å²) in [5.41, 5.74) is 1.26. The van der Waals surface area contributed by atoms with Gasteiger partial charge < -0.3 is 5.32 Å². The maximum atomic E-state index is 11.7. The Labute approximate surface area is 104 Å². The van der Waals surface area contributed by atoms with Gasteiger partial charge in [-0.2, -0.15) is 0 Å². The molecule has 2 rings (SSSR count). The van der Waals surface area contributed by atoms with Crippen LogP contribution in [0.3, 0.4) is 0 Å². The zero-order chi connectivity index (χ0) is 12.5. The van der Waals surface area contributed by atoms with Gasteiger partial charge in [-0.3, -0.25) is 4.79 Å². The van der Waals surface area contributed by atoms with E-state index in [2.05, 4.69) is 5.32 Å². The average Bonchev–Trinajstić information content (AvgIpc) is 2.73. The highest BCUT2D eigenvalue weighted by molar-refractivity contribution is 7.89. The first kappa shape index (κ1) is 12.5. The van der Waals surface area contributed by atoms with E-state index in [-0.39, 0.29) is 18.2 Å². The van der Waals surface area contributed by atoms with Gasteiger partial charge in [0.25, 0.3) is 5.91 Å². The molecule has 7 heteroatoms. The number of thiophene rings is 1. The first-order valence-electron chi connectivity index (χ1n) is 5.36. The Balaban J connectivity index is 1.91. The SMILES string of the molecule is NS(=O)(=O)CCNC(=O)c1cc2c(s1)CCC2. The topological polar surface area (TPSA) is 89.3 Å². The van der Waals surface area contributed by atoms with Crippen molar-refractivity contribution in [3.05, 3.63) is 21.4 Å². The maximum Gasteiger partial charge on any atom is 0.261 e. The minimum absolute atomic E-state index is 0.0558. The van der Waals surface area contributed by atoms with Crippen LogP contribution in [0, 0.1) is 0 Å². The Hall–Kier alpha value is -0.920. The number of fused-ring (bicyclic) bond motifs is 1. The van der Waals surface area contributed by atoms with Gasteiger partial charge in [-0.05, 0) is 30.9 Å². The summed E-state index contributed by atoms with van der Waals surface area (Å²) in [7, 11) is -3.51. The number of carbonyl (C=O) groups excluding carboxylic acids is 1. The van der Waals surface area contributed by atoms with Crippen molar-refractivity contribution in [3.63, 3.8) is 0 Å². The van der Waals surface area contributed by atoms with Gasteiger partial charge in [0, 0.05) is 11.4 Å². The molecule has 94 valence electrons. The second-order valence-corrected chi connectivity index (χ2v) is 6.91. The fourth-order valence-electron chi connectivity index (χ4n) is 1.83. The monoisotopic (exact) mass is 274 g/mol. The number of nitrogens with two attached hydrogens (primary N) is 1. The predicted molar refractivity (Wildman–Crippen MR) is 66.7 cm³/mol. The van der Waals surface area contributed by atoms with Crippen molar-refractivity contribution in [2.24, 2.45) is 5.14 Å². The van der Waals surface area contributed by atoms with Crippen LogP contribution in [0.2, 0.25) is 0 Å². The van der Waals surface area contributed by atoms with Crippen LogP contribution >= 0.6 is 11.3 Å². The summed E-state index contributed by atoms with van der Waals surface area (Å²) in [6, 6.07) is 1.90. The van der Waals surface area contributed by atoms with Crippen molar-refractivity contribution in [3.8, 4) is 0 Å². The van der Waals surface area contributed by atoms with E-state index in [0.29, 0.717) is 4.88 Å². The molecule has 1 aliphatic rings. The molecule has 0 aromatic carbocycles. The Morgan fingerprint density at radius 1 is 1.47 bits per heavy atom. The van der Waals surface area contributed by atoms with Crippen LogP contribution in [0.15, 0.2) is 6.07 Å². The molecule has 0 unspecified atom stereocenters. The largest absolute Gasteiger partial charge is 0.350 e. The van der Waals surface area contributed by atoms with E-state index in [9.17, 15) is 13.2 Å². The summed E-state index contributed by atoms with van der Waals surface area (Å²) in [6.07, 6.45) is 3.25. The summed E-state index contributed by atoms with van der Waals surface area (Å²) in [5.74, 6) is -0.447. The first-order valence-corrected chi connectivity index (χ1v) is 7.89. The molecule has 0 bridgehead atoms. The Kier molecular flexibility index (Phi) is 3.50. The summed E-state index contributed by atoms with van der Waals surface area (Å²) < 4.78 is 21.4. The van der Waals surface area contributed by atoms with Gasteiger partial charge in [-0.25, -0.2) is 13.6 Å². The number of hydrogen-bond acceptors (Lipinski definition) is 4. The van der Waals surface area contributed by atoms with E-state index < -0.39 is 10.0 Å². The maximum absolute atomic E-state index is 11.7. The summed E-state index contributed by atoms with van der Waals surface area (Å²) in [6.45, 7) is 0.0558. The van der Waals surface area contributed by atoms with Crippen LogP contribution in [-0.4, -0.2) is 26.6 Å². The molecular weight excluding hydrogens is 260 g/mol. The zero-order valence-electron chi connectivity index (χ0n) is 9.23. The number of aryl methyl sites for hydroxylation is 2. The zero-order valence-corrected chi connectivity index (χ0v) is 10.9. The van der Waals surface area contributed by atoms with Crippen molar-refractivity contribution in [2.75, 3.05) is 12.3 Å². The number of rotatable bonds is 4. The molecule has 0 fully saturated rings. The highest BCUT2D eigenvalue weighted by atomic mass is 32.2. The van der Waals surface area contributed by atoms with Crippen LogP contribution in [0.1, 0.15) is 26.5 Å². The fraction of sp³-hybridized carbons (Fsp3) is 0.500. The van der Waals surface area contributed by atoms with Gasteiger partial charge >= 0.3 is 0 Å². The Morgan fingerprint density at radius 3 is 2.88 bits per heavy atom. The number of sulfonamides is 1. The van der Waals surface area contributed by atoms with Gasteiger partial charge in [0.2, 0.25) is 10.0 Å². The number of amides is 1. The normalized spacial score (nSPS) is 14.6. The molecule has 0 saturated carbocycles. The molecule has 5 nitrogen and oxygen atoms in total. The van der Waals surface area contributed by atoms with Crippen molar-refractivity contribution in [1.29, 1.82) is 0 Å². The fourth-order valence-corrected chi connectivity index (χ4v) is 3.39. The van der Waals surface area contributed by atoms with E-state index in [0.717, 1.165) is 19.3 Å². The molecule has 17 heavy (non-hydrogen) atoms. The number of primary sulfonamides is 1. The molecule has 1 aliphatic carbocycles. The summed E-state index contributed by atoms with van der Waals surface area (Å²) in [4.78, 5) is 13.6. The third kappa shape index (κ3) is 3.27. The van der Waals surface area contributed by atoms with E-state index in [1.54, 1.807) is 0 Å². The Morgan fingerprint density at radius 2 is 2.24 bits per heavy atom. The minimum Gasteiger partial charge on any atom is -0.350 e. The minimum atomic E-state index is -3.51. The lowest BCUT2D eigenvalue weighted by Gasteiger charge is -2.01. The molecule has 0 radical (unpaired) electrons. The third-order valence-electron chi connectivity index (χ3n) is 2.64. The summed E-state index contributed by atoms with van der Waals surface area (Å²) in [5, 5.41) is 7.40. The highest BCUT2D eigenvalue weighted by Gasteiger charge is 2.18. The van der Waals surface area contributed by atoms with Crippen LogP contribution < -0.4 is 10.5 Å². The average molecular weight is 274 g/mol. The smallest absolute Gasteiger partial charge is 0.261 e. The van der Waals surface area contributed by atoms with E-state index in [1.807, 2.05) is 6.07 Å². The van der Waals surface area contributed by atoms with Gasteiger partial charge in [0.15, 0.2) is 0 Å². The van der Waals surface area contributed by atoms with Crippen LogP contribution in [0.4, 0.5) is 0 Å². The highest BCUT2D eigenvalue weighted by Crippen LogP contribution is 2.30. The van der Waals surface area contributed by atoms with Crippen LogP contribution in [0.5, 0.6) is 0 Å². The molecule has 0 spiro atoms. The molecule has 0 atom stereocenters. The van der Waals surface area contributed by atoms with Crippen LogP contribution in [-0.2, 0) is 22.9 Å². The quantitative estimate of drug-likeness (QED) is 0.825. The van der Waals surface area contributed by atoms with Gasteiger partial charge in [-0.15, -0.1) is 11.3 Å².